The minimum atomic E-state index is -0.800. The summed E-state index contributed by atoms with van der Waals surface area (Å²) in [7, 11) is 0. The van der Waals surface area contributed by atoms with Crippen LogP contribution in [-0.2, 0) is 9.59 Å². The molecule has 2 heterocycles. The molecule has 2 atom stereocenters. The number of carbonyl (C=O) groups excluding carboxylic acids is 3. The molecule has 2 saturated heterocycles. The summed E-state index contributed by atoms with van der Waals surface area (Å²) in [5.41, 5.74) is -0.995. The Bertz CT molecular complexity index is 656. The number of likely N-dealkylation sites (tertiary alicyclic amines) is 1. The molecule has 2 N–H and O–H groups in total. The van der Waals surface area contributed by atoms with Gasteiger partial charge < -0.3 is 10.2 Å². The van der Waals surface area contributed by atoms with Gasteiger partial charge in [0.2, 0.25) is 5.91 Å². The third-order valence-electron chi connectivity index (χ3n) is 7.36. The predicted octanol–water partition coefficient (Wildman–Crippen LogP) is 1.92. The maximum Gasteiger partial charge on any atom is 0.322 e. The Morgan fingerprint density at radius 1 is 1.08 bits per heavy atom. The fraction of sp³-hybridized carbons (Fsp3) is 0.833. The second kappa shape index (κ2) is 4.99. The number of alkyl halides is 1. The summed E-state index contributed by atoms with van der Waals surface area (Å²) in [4.78, 5) is 39.0. The van der Waals surface area contributed by atoms with E-state index < -0.39 is 11.6 Å². The molecule has 7 heteroatoms. The smallest absolute Gasteiger partial charge is 0.322 e. The van der Waals surface area contributed by atoms with E-state index in [1.54, 1.807) is 0 Å². The lowest BCUT2D eigenvalue weighted by molar-refractivity contribution is -0.157. The highest BCUT2D eigenvalue weighted by Gasteiger charge is 2.61. The Balaban J connectivity index is 1.33. The van der Waals surface area contributed by atoms with Crippen molar-refractivity contribution < 1.29 is 14.4 Å². The number of nitrogens with one attached hydrogen (secondary N) is 2. The number of nitrogens with zero attached hydrogens (tertiary/aromatic N) is 1. The van der Waals surface area contributed by atoms with E-state index in [0.717, 1.165) is 19.3 Å². The molecule has 0 aromatic heterocycles. The van der Waals surface area contributed by atoms with Crippen molar-refractivity contribution in [3.8, 4) is 0 Å². The lowest BCUT2D eigenvalue weighted by atomic mass is 9.49. The first-order chi connectivity index (χ1) is 11.8. The van der Waals surface area contributed by atoms with Gasteiger partial charge in [-0.2, -0.15) is 0 Å². The highest BCUT2D eigenvalue weighted by Crippen LogP contribution is 2.64. The Hall–Kier alpha value is -1.11. The molecule has 25 heavy (non-hydrogen) atoms. The van der Waals surface area contributed by atoms with E-state index in [1.807, 2.05) is 4.90 Å². The summed E-state index contributed by atoms with van der Waals surface area (Å²) in [6, 6.07) is -0.410. The van der Waals surface area contributed by atoms with Crippen LogP contribution in [0.3, 0.4) is 0 Å². The molecule has 6 rings (SSSR count). The van der Waals surface area contributed by atoms with Crippen LogP contribution >= 0.6 is 15.9 Å². The van der Waals surface area contributed by atoms with Gasteiger partial charge in [0.25, 0.3) is 5.91 Å². The average molecular weight is 410 g/mol. The maximum atomic E-state index is 13.5. The third-order valence-corrected chi connectivity index (χ3v) is 8.29. The largest absolute Gasteiger partial charge is 0.342 e. The van der Waals surface area contributed by atoms with Gasteiger partial charge in [0.05, 0.1) is 5.41 Å². The summed E-state index contributed by atoms with van der Waals surface area (Å²) in [6.45, 7) is 1.11. The van der Waals surface area contributed by atoms with Crippen molar-refractivity contribution in [3.63, 3.8) is 0 Å². The number of imide groups is 1. The highest BCUT2D eigenvalue weighted by molar-refractivity contribution is 9.10. The fourth-order valence-electron chi connectivity index (χ4n) is 6.71. The van der Waals surface area contributed by atoms with Gasteiger partial charge in [-0.25, -0.2) is 4.79 Å². The number of rotatable bonds is 1. The Morgan fingerprint density at radius 2 is 1.72 bits per heavy atom. The van der Waals surface area contributed by atoms with E-state index >= 15 is 0 Å². The van der Waals surface area contributed by atoms with E-state index in [1.165, 1.54) is 19.3 Å². The van der Waals surface area contributed by atoms with Crippen molar-refractivity contribution in [1.29, 1.82) is 0 Å². The van der Waals surface area contributed by atoms with Crippen LogP contribution in [0.2, 0.25) is 0 Å². The van der Waals surface area contributed by atoms with Crippen molar-refractivity contribution in [3.05, 3.63) is 0 Å². The molecule has 6 nitrogen and oxygen atoms in total. The van der Waals surface area contributed by atoms with E-state index in [2.05, 4.69) is 26.6 Å². The summed E-state index contributed by atoms with van der Waals surface area (Å²) in [5, 5.41) is 5.11. The van der Waals surface area contributed by atoms with Gasteiger partial charge >= 0.3 is 6.03 Å². The van der Waals surface area contributed by atoms with Crippen LogP contribution in [0, 0.1) is 17.3 Å². The minimum absolute atomic E-state index is 0.170. The summed E-state index contributed by atoms with van der Waals surface area (Å²) < 4.78 is 0.170. The number of carbonyl (C=O) groups is 3. The van der Waals surface area contributed by atoms with E-state index in [-0.39, 0.29) is 15.6 Å². The van der Waals surface area contributed by atoms with E-state index in [0.29, 0.717) is 43.7 Å². The molecule has 0 aromatic carbocycles. The molecule has 0 radical (unpaired) electrons. The van der Waals surface area contributed by atoms with Crippen LogP contribution in [0.5, 0.6) is 0 Å². The van der Waals surface area contributed by atoms with Gasteiger partial charge in [-0.3, -0.25) is 14.9 Å². The Morgan fingerprint density at radius 3 is 2.24 bits per heavy atom. The maximum absolute atomic E-state index is 13.5. The molecule has 6 aliphatic rings. The average Bonchev–Trinajstić information content (AvgIpc) is 2.78. The summed E-state index contributed by atoms with van der Waals surface area (Å²) >= 11 is 3.98. The molecule has 136 valence electrons. The molecule has 0 unspecified atom stereocenters. The third kappa shape index (κ3) is 2.30. The Kier molecular flexibility index (Phi) is 3.21. The standard InChI is InChI=1S/C18H24BrN3O3/c19-17-8-11-5-12(9-17)7-16(6-11,10-17)14(24)22-3-1-18(2-4-22)13(23)20-15(25)21-18/h11-12H,1-10H2,(H2,20,21,23,25)/t11-,12-,16?,17?/m1/s1. The normalized spacial score (nSPS) is 44.1. The second-order valence-corrected chi connectivity index (χ2v) is 10.9. The van der Waals surface area contributed by atoms with Crippen LogP contribution in [-0.4, -0.2) is 45.7 Å². The predicted molar refractivity (Wildman–Crippen MR) is 94.0 cm³/mol. The van der Waals surface area contributed by atoms with Gasteiger partial charge in [0, 0.05) is 17.4 Å². The lowest BCUT2D eigenvalue weighted by Crippen LogP contribution is -2.62. The molecule has 6 fully saturated rings. The highest BCUT2D eigenvalue weighted by atomic mass is 79.9. The number of hydrogen-bond donors (Lipinski definition) is 2. The number of amides is 4. The van der Waals surface area contributed by atoms with Gasteiger partial charge in [0.15, 0.2) is 0 Å². The van der Waals surface area contributed by atoms with E-state index in [4.69, 9.17) is 0 Å². The molecular formula is C18H24BrN3O3. The number of piperidine rings is 1. The zero-order valence-corrected chi connectivity index (χ0v) is 15.9. The van der Waals surface area contributed by atoms with Crippen LogP contribution in [0.4, 0.5) is 4.79 Å². The van der Waals surface area contributed by atoms with Gasteiger partial charge in [-0.1, -0.05) is 15.9 Å². The van der Waals surface area contributed by atoms with Crippen molar-refractivity contribution in [2.75, 3.05) is 13.1 Å². The quantitative estimate of drug-likeness (QED) is 0.512. The van der Waals surface area contributed by atoms with Crippen molar-refractivity contribution in [2.24, 2.45) is 17.3 Å². The molecular weight excluding hydrogens is 386 g/mol. The zero-order valence-electron chi connectivity index (χ0n) is 14.3. The molecule has 4 bridgehead atoms. The lowest BCUT2D eigenvalue weighted by Gasteiger charge is -2.60. The first-order valence-electron chi connectivity index (χ1n) is 9.44. The van der Waals surface area contributed by atoms with Gasteiger partial charge in [-0.05, 0) is 63.2 Å². The molecule has 4 amide bonds. The van der Waals surface area contributed by atoms with E-state index in [9.17, 15) is 14.4 Å². The first-order valence-corrected chi connectivity index (χ1v) is 10.2. The number of hydrogen-bond acceptors (Lipinski definition) is 3. The van der Waals surface area contributed by atoms with Gasteiger partial charge in [-0.15, -0.1) is 0 Å². The molecule has 0 aromatic rings. The van der Waals surface area contributed by atoms with Crippen LogP contribution in [0.25, 0.3) is 0 Å². The molecule has 1 spiro atoms. The van der Waals surface area contributed by atoms with Crippen molar-refractivity contribution in [2.45, 2.75) is 61.2 Å². The zero-order chi connectivity index (χ0) is 17.4. The van der Waals surface area contributed by atoms with Crippen molar-refractivity contribution >= 4 is 33.8 Å². The second-order valence-electron chi connectivity index (χ2n) is 9.17. The number of urea groups is 1. The fourth-order valence-corrected chi connectivity index (χ4v) is 8.16. The minimum Gasteiger partial charge on any atom is -0.342 e. The topological polar surface area (TPSA) is 78.5 Å². The Labute approximate surface area is 155 Å². The molecule has 4 aliphatic carbocycles. The van der Waals surface area contributed by atoms with Gasteiger partial charge in [0.1, 0.15) is 5.54 Å². The van der Waals surface area contributed by atoms with Crippen molar-refractivity contribution in [1.82, 2.24) is 15.5 Å². The number of halogens is 1. The van der Waals surface area contributed by atoms with Crippen LogP contribution < -0.4 is 10.6 Å². The first kappa shape index (κ1) is 16.1. The summed E-state index contributed by atoms with van der Waals surface area (Å²) in [6.07, 6.45) is 7.78. The monoisotopic (exact) mass is 409 g/mol. The summed E-state index contributed by atoms with van der Waals surface area (Å²) in [5.74, 6) is 1.42. The SMILES string of the molecule is O=C1NC(=O)C2(CCN(C(=O)C34C[C@H]5C[C@@H](CC(Br)(C5)C3)C4)CC2)N1. The van der Waals surface area contributed by atoms with Crippen LogP contribution in [0.15, 0.2) is 0 Å². The molecule has 4 saturated carbocycles. The molecule has 2 aliphatic heterocycles. The van der Waals surface area contributed by atoms with Crippen LogP contribution in [0.1, 0.15) is 51.4 Å².